The average Bonchev–Trinajstić information content (AvgIpc) is 3.12. The number of nitrogens with zero attached hydrogens (tertiary/aromatic N) is 2. The van der Waals surface area contributed by atoms with Crippen molar-refractivity contribution in [1.29, 1.82) is 0 Å². The summed E-state index contributed by atoms with van der Waals surface area (Å²) in [5.41, 5.74) is 2.33. The molecular weight excluding hydrogens is 517 g/mol. The molecular formula is C33H42N3O3P. The number of fused-ring (bicyclic) bond motifs is 1. The lowest BCUT2D eigenvalue weighted by molar-refractivity contribution is -0.157. The summed E-state index contributed by atoms with van der Waals surface area (Å²) in [7, 11) is -3.40. The highest BCUT2D eigenvalue weighted by molar-refractivity contribution is 7.56. The van der Waals surface area contributed by atoms with Crippen molar-refractivity contribution in [2.45, 2.75) is 63.5 Å². The first-order valence-corrected chi connectivity index (χ1v) is 16.6. The Labute approximate surface area is 239 Å². The lowest BCUT2D eigenvalue weighted by Gasteiger charge is -2.42. The second kappa shape index (κ2) is 13.7. The minimum absolute atomic E-state index is 0.0291. The van der Waals surface area contributed by atoms with Gasteiger partial charge in [-0.3, -0.25) is 14.4 Å². The van der Waals surface area contributed by atoms with Gasteiger partial charge in [-0.05, 0) is 61.6 Å². The summed E-state index contributed by atoms with van der Waals surface area (Å²) in [4.78, 5) is 14.4. The summed E-state index contributed by atoms with van der Waals surface area (Å²) in [6.45, 7) is 2.70. The van der Waals surface area contributed by atoms with Crippen molar-refractivity contribution in [3.05, 3.63) is 108 Å². The molecule has 7 heteroatoms. The first kappa shape index (κ1) is 28.8. The maximum Gasteiger partial charge on any atom is 0.271 e. The van der Waals surface area contributed by atoms with Crippen LogP contribution in [0.3, 0.4) is 0 Å². The lowest BCUT2D eigenvalue weighted by Crippen LogP contribution is -2.61. The number of rotatable bonds is 12. The number of nitrogens with one attached hydrogen (secondary N) is 1. The molecule has 2 aliphatic rings. The molecule has 40 heavy (non-hydrogen) atoms. The highest BCUT2D eigenvalue weighted by Gasteiger charge is 2.49. The summed E-state index contributed by atoms with van der Waals surface area (Å²) >= 11 is 0. The quantitative estimate of drug-likeness (QED) is 0.200. The molecule has 0 bridgehead atoms. The molecule has 1 amide bonds. The molecule has 2 aliphatic heterocycles. The van der Waals surface area contributed by atoms with Crippen LogP contribution in [0.1, 0.15) is 55.2 Å². The molecule has 0 spiro atoms. The monoisotopic (exact) mass is 559 g/mol. The number of carbonyl (C=O) groups is 1. The van der Waals surface area contributed by atoms with Crippen LogP contribution in [0.25, 0.3) is 0 Å². The average molecular weight is 560 g/mol. The molecule has 0 radical (unpaired) electrons. The number of hydrazine groups is 1. The minimum atomic E-state index is -3.40. The Kier molecular flexibility index (Phi) is 9.88. The predicted octanol–water partition coefficient (Wildman–Crippen LogP) is 6.62. The minimum Gasteiger partial charge on any atom is -0.313 e. The van der Waals surface area contributed by atoms with Crippen molar-refractivity contribution < 1.29 is 13.9 Å². The first-order chi connectivity index (χ1) is 19.6. The van der Waals surface area contributed by atoms with Crippen molar-refractivity contribution in [1.82, 2.24) is 15.1 Å². The van der Waals surface area contributed by atoms with E-state index in [0.29, 0.717) is 25.5 Å². The van der Waals surface area contributed by atoms with E-state index in [-0.39, 0.29) is 12.5 Å². The molecule has 6 nitrogen and oxygen atoms in total. The molecule has 3 aromatic carbocycles. The van der Waals surface area contributed by atoms with Crippen molar-refractivity contribution in [2.75, 3.05) is 25.8 Å². The summed E-state index contributed by atoms with van der Waals surface area (Å²) in [5.74, 6) is 0.0291. The third-order valence-electron chi connectivity index (χ3n) is 8.07. The van der Waals surface area contributed by atoms with E-state index in [4.69, 9.17) is 4.52 Å². The molecule has 5 rings (SSSR count). The maximum absolute atomic E-state index is 14.8. The largest absolute Gasteiger partial charge is 0.313 e. The van der Waals surface area contributed by atoms with Crippen molar-refractivity contribution in [3.8, 4) is 0 Å². The Morgan fingerprint density at radius 2 is 1.35 bits per heavy atom. The van der Waals surface area contributed by atoms with Crippen LogP contribution < -0.4 is 5.09 Å². The van der Waals surface area contributed by atoms with E-state index in [1.807, 2.05) is 59.6 Å². The van der Waals surface area contributed by atoms with Gasteiger partial charge in [-0.15, -0.1) is 0 Å². The van der Waals surface area contributed by atoms with E-state index in [2.05, 4.69) is 46.5 Å². The van der Waals surface area contributed by atoms with E-state index in [9.17, 15) is 9.36 Å². The molecule has 212 valence electrons. The number of unbranched alkanes of at least 4 members (excludes halogenated alkanes) is 1. The van der Waals surface area contributed by atoms with Crippen molar-refractivity contribution >= 4 is 13.4 Å². The predicted molar refractivity (Wildman–Crippen MR) is 161 cm³/mol. The number of aryl methyl sites for hydroxylation is 1. The molecule has 2 fully saturated rings. The fourth-order valence-corrected chi connectivity index (χ4v) is 8.22. The zero-order valence-electron chi connectivity index (χ0n) is 23.4. The normalized spacial score (nSPS) is 21.4. The molecule has 3 aromatic rings. The van der Waals surface area contributed by atoms with Gasteiger partial charge in [0, 0.05) is 32.2 Å². The van der Waals surface area contributed by atoms with Gasteiger partial charge in [0.15, 0.2) is 0 Å². The lowest BCUT2D eigenvalue weighted by atomic mass is 9.86. The van der Waals surface area contributed by atoms with Gasteiger partial charge in [0.25, 0.3) is 13.4 Å². The van der Waals surface area contributed by atoms with Gasteiger partial charge in [0.1, 0.15) is 5.54 Å². The Bertz CT molecular complexity index is 1260. The van der Waals surface area contributed by atoms with Crippen LogP contribution >= 0.6 is 7.52 Å². The molecule has 2 heterocycles. The van der Waals surface area contributed by atoms with Gasteiger partial charge in [-0.2, -0.15) is 0 Å². The van der Waals surface area contributed by atoms with E-state index < -0.39 is 13.1 Å². The molecule has 0 aromatic heterocycles. The fraction of sp³-hybridized carbons (Fsp3) is 0.424. The molecule has 1 N–H and O–H groups in total. The number of amides is 1. The number of hydrogen-bond donors (Lipinski definition) is 1. The molecule has 1 unspecified atom stereocenters. The van der Waals surface area contributed by atoms with Crippen LogP contribution in [-0.4, -0.2) is 47.3 Å². The zero-order valence-corrected chi connectivity index (χ0v) is 24.3. The van der Waals surface area contributed by atoms with Crippen LogP contribution in [0.4, 0.5) is 0 Å². The van der Waals surface area contributed by atoms with Crippen LogP contribution in [-0.2, 0) is 33.3 Å². The van der Waals surface area contributed by atoms with E-state index in [1.165, 1.54) is 5.56 Å². The first-order valence-electron chi connectivity index (χ1n) is 14.8. The Balaban J connectivity index is 1.40. The maximum atomic E-state index is 14.8. The van der Waals surface area contributed by atoms with E-state index in [1.54, 1.807) is 0 Å². The number of hydrogen-bond acceptors (Lipinski definition) is 4. The van der Waals surface area contributed by atoms with Crippen LogP contribution in [0.15, 0.2) is 91.0 Å². The second-order valence-corrected chi connectivity index (χ2v) is 13.4. The molecule has 2 saturated heterocycles. The number of carbonyl (C=O) groups excluding carboxylic acids is 1. The highest BCUT2D eigenvalue weighted by atomic mass is 31.2. The Hall–Kier alpha value is -2.76. The van der Waals surface area contributed by atoms with Gasteiger partial charge in [0.05, 0.1) is 6.61 Å². The van der Waals surface area contributed by atoms with Crippen LogP contribution in [0.5, 0.6) is 0 Å². The van der Waals surface area contributed by atoms with Gasteiger partial charge >= 0.3 is 0 Å². The summed E-state index contributed by atoms with van der Waals surface area (Å²) < 4.78 is 21.1. The Morgan fingerprint density at radius 3 is 2.05 bits per heavy atom. The summed E-state index contributed by atoms with van der Waals surface area (Å²) in [5, 5.41) is 7.64. The SMILES string of the molecule is O=C1N2CCCCN2CCC[C@]1(Cc1ccccc1)NP(=O)(CCCCc1ccccc1)OCc1ccccc1. The number of benzene rings is 3. The smallest absolute Gasteiger partial charge is 0.271 e. The summed E-state index contributed by atoms with van der Waals surface area (Å²) in [6.07, 6.45) is 7.03. The van der Waals surface area contributed by atoms with Crippen LogP contribution in [0, 0.1) is 0 Å². The van der Waals surface area contributed by atoms with Crippen LogP contribution in [0.2, 0.25) is 0 Å². The van der Waals surface area contributed by atoms with Gasteiger partial charge in [-0.25, -0.2) is 10.1 Å². The van der Waals surface area contributed by atoms with E-state index >= 15 is 0 Å². The van der Waals surface area contributed by atoms with Crippen molar-refractivity contribution in [3.63, 3.8) is 0 Å². The second-order valence-electron chi connectivity index (χ2n) is 11.1. The summed E-state index contributed by atoms with van der Waals surface area (Å²) in [6, 6.07) is 30.4. The third-order valence-corrected chi connectivity index (χ3v) is 10.3. The van der Waals surface area contributed by atoms with Crippen molar-refractivity contribution in [2.24, 2.45) is 0 Å². The topological polar surface area (TPSA) is 61.9 Å². The molecule has 0 aliphatic carbocycles. The third kappa shape index (κ3) is 7.50. The zero-order chi connectivity index (χ0) is 27.7. The highest BCUT2D eigenvalue weighted by Crippen LogP contribution is 2.48. The Morgan fingerprint density at radius 1 is 0.750 bits per heavy atom. The standard InChI is InChI=1S/C33H42N3O3P/c37-32-33(27-30-18-6-2-7-19-30,22-14-24-35-23-11-12-25-36(32)35)34-40(38,39-28-31-20-8-3-9-21-31)26-13-10-17-29-15-4-1-5-16-29/h1-9,15-16,18-21H,10-14,17,22-28H2,(H,34,38)/t33-,40?/m1/s1. The molecule has 2 atom stereocenters. The fourth-order valence-electron chi connectivity index (χ4n) is 5.98. The van der Waals surface area contributed by atoms with Gasteiger partial charge in [-0.1, -0.05) is 91.0 Å². The van der Waals surface area contributed by atoms with E-state index in [0.717, 1.165) is 62.7 Å². The van der Waals surface area contributed by atoms with Gasteiger partial charge in [0.2, 0.25) is 0 Å². The molecule has 0 saturated carbocycles. The van der Waals surface area contributed by atoms with Gasteiger partial charge < -0.3 is 4.52 Å².